The van der Waals surface area contributed by atoms with Gasteiger partial charge in [-0.25, -0.2) is 14.8 Å². The van der Waals surface area contributed by atoms with Gasteiger partial charge in [-0.3, -0.25) is 5.32 Å². The Morgan fingerprint density at radius 1 is 1.35 bits per heavy atom. The first-order valence-corrected chi connectivity index (χ1v) is 9.61. The average Bonchev–Trinajstić information content (AvgIpc) is 3.28. The predicted octanol–water partition coefficient (Wildman–Crippen LogP) is 3.35. The van der Waals surface area contributed by atoms with Crippen LogP contribution < -0.4 is 15.0 Å². The Hall–Kier alpha value is -2.43. The maximum atomic E-state index is 10.9. The molecular weight excluding hydrogens is 376 g/mol. The van der Waals surface area contributed by atoms with Crippen LogP contribution in [0.2, 0.25) is 0 Å². The molecule has 0 radical (unpaired) electrons. The van der Waals surface area contributed by atoms with Gasteiger partial charge in [-0.05, 0) is 12.1 Å². The highest BCUT2D eigenvalue weighted by Gasteiger charge is 2.19. The number of carbonyl (C=O) groups is 1. The highest BCUT2D eigenvalue weighted by molar-refractivity contribution is 7.23. The number of thiazole rings is 2. The highest BCUT2D eigenvalue weighted by atomic mass is 32.1. The molecule has 0 unspecified atom stereocenters. The van der Waals surface area contributed by atoms with E-state index in [9.17, 15) is 4.79 Å². The van der Waals surface area contributed by atoms with Gasteiger partial charge in [0.15, 0.2) is 10.3 Å². The zero-order valence-corrected chi connectivity index (χ0v) is 15.5. The van der Waals surface area contributed by atoms with Crippen LogP contribution in [0.1, 0.15) is 0 Å². The van der Waals surface area contributed by atoms with Crippen molar-refractivity contribution < 1.29 is 19.4 Å². The van der Waals surface area contributed by atoms with Crippen molar-refractivity contribution in [2.45, 2.75) is 0 Å². The molecule has 3 heterocycles. The summed E-state index contributed by atoms with van der Waals surface area (Å²) in [6.07, 6.45) is -1.15. The minimum Gasteiger partial charge on any atom is -0.494 e. The molecule has 0 spiro atoms. The Morgan fingerprint density at radius 3 is 2.88 bits per heavy atom. The molecule has 0 atom stereocenters. The number of methoxy groups -OCH3 is 1. The molecule has 2 N–H and O–H groups in total. The van der Waals surface area contributed by atoms with Crippen LogP contribution in [0, 0.1) is 0 Å². The second kappa shape index (κ2) is 7.06. The van der Waals surface area contributed by atoms with Gasteiger partial charge in [0.25, 0.3) is 0 Å². The van der Waals surface area contributed by atoms with E-state index >= 15 is 0 Å². The third-order valence-electron chi connectivity index (χ3n) is 3.99. The largest absolute Gasteiger partial charge is 0.494 e. The summed E-state index contributed by atoms with van der Waals surface area (Å²) in [6.45, 7) is 3.08. The van der Waals surface area contributed by atoms with Gasteiger partial charge in [0.1, 0.15) is 11.3 Å². The van der Waals surface area contributed by atoms with Crippen molar-refractivity contribution >= 4 is 49.2 Å². The van der Waals surface area contributed by atoms with E-state index in [0.29, 0.717) is 29.6 Å². The summed E-state index contributed by atoms with van der Waals surface area (Å²) in [5.41, 5.74) is 2.38. The lowest BCUT2D eigenvalue weighted by Crippen LogP contribution is -2.36. The minimum atomic E-state index is -1.15. The number of aromatic nitrogens is 2. The van der Waals surface area contributed by atoms with Crippen LogP contribution in [0.4, 0.5) is 15.1 Å². The fourth-order valence-electron chi connectivity index (χ4n) is 2.78. The molecule has 1 saturated heterocycles. The lowest BCUT2D eigenvalue weighted by molar-refractivity contribution is 0.122. The Kier molecular flexibility index (Phi) is 4.62. The van der Waals surface area contributed by atoms with Crippen LogP contribution in [0.3, 0.4) is 0 Å². The number of carboxylic acid groups (broad SMARTS) is 1. The number of amides is 1. The summed E-state index contributed by atoms with van der Waals surface area (Å²) in [5, 5.41) is 14.5. The number of nitrogens with one attached hydrogen (secondary N) is 1. The highest BCUT2D eigenvalue weighted by Crippen LogP contribution is 2.40. The fourth-order valence-corrected chi connectivity index (χ4v) is 4.66. The molecule has 3 aromatic rings. The smallest absolute Gasteiger partial charge is 0.410 e. The lowest BCUT2D eigenvalue weighted by atomic mass is 10.1. The van der Waals surface area contributed by atoms with Crippen LogP contribution in [0.25, 0.3) is 21.5 Å². The van der Waals surface area contributed by atoms with Crippen molar-refractivity contribution in [1.29, 1.82) is 0 Å². The lowest BCUT2D eigenvalue weighted by Gasteiger charge is -2.26. The second-order valence-electron chi connectivity index (χ2n) is 5.56. The number of anilines is 2. The molecule has 1 aliphatic rings. The van der Waals surface area contributed by atoms with Gasteiger partial charge in [-0.2, -0.15) is 0 Å². The number of morpholine rings is 1. The summed E-state index contributed by atoms with van der Waals surface area (Å²) >= 11 is 2.86. The first-order chi connectivity index (χ1) is 12.7. The Morgan fingerprint density at radius 2 is 2.15 bits per heavy atom. The molecule has 2 aromatic heterocycles. The van der Waals surface area contributed by atoms with Gasteiger partial charge < -0.3 is 19.5 Å². The van der Waals surface area contributed by atoms with Crippen molar-refractivity contribution in [2.24, 2.45) is 0 Å². The molecule has 1 amide bonds. The molecule has 4 rings (SSSR count). The van der Waals surface area contributed by atoms with Crippen molar-refractivity contribution in [3.05, 3.63) is 17.5 Å². The topological polar surface area (TPSA) is 96.8 Å². The standard InChI is InChI=1S/C16H16N4O4S2/c1-23-11-3-2-9(13-12(11)18-14(26-13)19-16(21)22)10-8-25-15(17-10)20-4-6-24-7-5-20/h2-3,8H,4-7H2,1H3,(H,18,19)(H,21,22). The number of benzene rings is 1. The molecule has 1 fully saturated rings. The van der Waals surface area contributed by atoms with Gasteiger partial charge in [0, 0.05) is 24.0 Å². The van der Waals surface area contributed by atoms with Crippen molar-refractivity contribution in [2.75, 3.05) is 43.6 Å². The summed E-state index contributed by atoms with van der Waals surface area (Å²) in [4.78, 5) is 22.3. The first-order valence-electron chi connectivity index (χ1n) is 7.92. The predicted molar refractivity (Wildman–Crippen MR) is 102 cm³/mol. The number of nitrogens with zero attached hydrogens (tertiary/aromatic N) is 3. The quantitative estimate of drug-likeness (QED) is 0.703. The molecule has 1 aromatic carbocycles. The number of ether oxygens (including phenoxy) is 2. The van der Waals surface area contributed by atoms with Crippen LogP contribution in [0.5, 0.6) is 5.75 Å². The van der Waals surface area contributed by atoms with Crippen molar-refractivity contribution in [1.82, 2.24) is 9.97 Å². The number of fused-ring (bicyclic) bond motifs is 1. The molecule has 8 nitrogen and oxygen atoms in total. The van der Waals surface area contributed by atoms with Gasteiger partial charge in [-0.15, -0.1) is 11.3 Å². The number of rotatable bonds is 4. The van der Waals surface area contributed by atoms with E-state index in [-0.39, 0.29) is 0 Å². The van der Waals surface area contributed by atoms with E-state index in [2.05, 4.69) is 15.2 Å². The molecule has 0 saturated carbocycles. The summed E-state index contributed by atoms with van der Waals surface area (Å²) in [5.74, 6) is 0.599. The van der Waals surface area contributed by atoms with Crippen LogP contribution in [-0.2, 0) is 4.74 Å². The molecule has 26 heavy (non-hydrogen) atoms. The maximum Gasteiger partial charge on any atom is 0.410 e. The van der Waals surface area contributed by atoms with Gasteiger partial charge in [-0.1, -0.05) is 11.3 Å². The zero-order valence-electron chi connectivity index (χ0n) is 13.9. The minimum absolute atomic E-state index is 0.307. The van der Waals surface area contributed by atoms with E-state index in [4.69, 9.17) is 19.6 Å². The van der Waals surface area contributed by atoms with Gasteiger partial charge in [0.05, 0.1) is 30.7 Å². The average molecular weight is 392 g/mol. The fraction of sp³-hybridized carbons (Fsp3) is 0.312. The molecule has 10 heteroatoms. The molecule has 0 bridgehead atoms. The van der Waals surface area contributed by atoms with E-state index in [0.717, 1.165) is 34.2 Å². The maximum absolute atomic E-state index is 10.9. The van der Waals surface area contributed by atoms with Crippen molar-refractivity contribution in [3.8, 4) is 17.0 Å². The summed E-state index contributed by atoms with van der Waals surface area (Å²) < 4.78 is 11.6. The van der Waals surface area contributed by atoms with E-state index in [1.54, 1.807) is 18.4 Å². The van der Waals surface area contributed by atoms with Gasteiger partial charge >= 0.3 is 6.09 Å². The first kappa shape index (κ1) is 17.0. The Bertz CT molecular complexity index is 949. The Labute approximate surface area is 157 Å². The van der Waals surface area contributed by atoms with E-state index < -0.39 is 6.09 Å². The summed E-state index contributed by atoms with van der Waals surface area (Å²) in [7, 11) is 1.57. The monoisotopic (exact) mass is 392 g/mol. The molecule has 136 valence electrons. The summed E-state index contributed by atoms with van der Waals surface area (Å²) in [6, 6.07) is 3.76. The molecular formula is C16H16N4O4S2. The van der Waals surface area contributed by atoms with Gasteiger partial charge in [0.2, 0.25) is 0 Å². The van der Waals surface area contributed by atoms with E-state index in [1.165, 1.54) is 11.3 Å². The SMILES string of the molecule is COc1ccc(-c2csc(N3CCOCC3)n2)c2sc(NC(=O)O)nc12. The molecule has 0 aliphatic carbocycles. The van der Waals surface area contributed by atoms with Crippen LogP contribution in [0.15, 0.2) is 17.5 Å². The van der Waals surface area contributed by atoms with Crippen LogP contribution >= 0.6 is 22.7 Å². The third kappa shape index (κ3) is 3.18. The number of hydrogen-bond donors (Lipinski definition) is 2. The third-order valence-corrected chi connectivity index (χ3v) is 5.90. The van der Waals surface area contributed by atoms with E-state index in [1.807, 2.05) is 17.5 Å². The molecule has 1 aliphatic heterocycles. The normalized spacial score (nSPS) is 14.6. The van der Waals surface area contributed by atoms with Crippen molar-refractivity contribution in [3.63, 3.8) is 0 Å². The van der Waals surface area contributed by atoms with Crippen LogP contribution in [-0.4, -0.2) is 54.6 Å². The second-order valence-corrected chi connectivity index (χ2v) is 7.39. The number of hydrogen-bond acceptors (Lipinski definition) is 8. The zero-order chi connectivity index (χ0) is 18.1. The Balaban J connectivity index is 1.75.